The van der Waals surface area contributed by atoms with Gasteiger partial charge in [-0.25, -0.2) is 8.42 Å². The molecule has 1 fully saturated rings. The van der Waals surface area contributed by atoms with Crippen LogP contribution in [0.25, 0.3) is 0 Å². The summed E-state index contributed by atoms with van der Waals surface area (Å²) in [6.07, 6.45) is 3.07. The van der Waals surface area contributed by atoms with Crippen LogP contribution in [-0.4, -0.2) is 49.7 Å². The van der Waals surface area contributed by atoms with Crippen LogP contribution in [0.4, 0.5) is 0 Å². The van der Waals surface area contributed by atoms with Crippen LogP contribution >= 0.6 is 0 Å². The van der Waals surface area contributed by atoms with E-state index < -0.39 is 22.0 Å². The third-order valence-electron chi connectivity index (χ3n) is 5.73. The second-order valence-electron chi connectivity index (χ2n) is 7.44. The van der Waals surface area contributed by atoms with E-state index in [0.29, 0.717) is 31.1 Å². The summed E-state index contributed by atoms with van der Waals surface area (Å²) in [6, 6.07) is 14.4. The van der Waals surface area contributed by atoms with Gasteiger partial charge in [-0.05, 0) is 48.1 Å². The lowest BCUT2D eigenvalue weighted by Crippen LogP contribution is -2.51. The van der Waals surface area contributed by atoms with E-state index in [1.165, 1.54) is 9.87 Å². The largest absolute Gasteiger partial charge is 0.368 e. The SMILES string of the molecule is NC(=O)[C@@H](c1ccccc1)N1CCN(S(=O)(=O)c2ccc3c(c2)CCC3)CC1. The third kappa shape index (κ3) is 3.57. The Bertz CT molecular complexity index is 968. The quantitative estimate of drug-likeness (QED) is 0.830. The highest BCUT2D eigenvalue weighted by molar-refractivity contribution is 7.89. The normalized spacial score (nSPS) is 19.3. The van der Waals surface area contributed by atoms with Crippen LogP contribution in [0, 0.1) is 0 Å². The molecule has 1 atom stereocenters. The molecule has 148 valence electrons. The molecule has 6 nitrogen and oxygen atoms in total. The highest BCUT2D eigenvalue weighted by Crippen LogP contribution is 2.28. The van der Waals surface area contributed by atoms with Crippen molar-refractivity contribution in [1.82, 2.24) is 9.21 Å². The van der Waals surface area contributed by atoms with Crippen LogP contribution in [0.1, 0.15) is 29.2 Å². The molecule has 0 unspecified atom stereocenters. The molecule has 0 bridgehead atoms. The lowest BCUT2D eigenvalue weighted by atomic mass is 10.0. The Balaban J connectivity index is 1.49. The van der Waals surface area contributed by atoms with Crippen LogP contribution in [0.2, 0.25) is 0 Å². The number of amides is 1. The molecule has 28 heavy (non-hydrogen) atoms. The van der Waals surface area contributed by atoms with Crippen molar-refractivity contribution >= 4 is 15.9 Å². The number of hydrogen-bond donors (Lipinski definition) is 1. The van der Waals surface area contributed by atoms with Gasteiger partial charge in [0.1, 0.15) is 6.04 Å². The lowest BCUT2D eigenvalue weighted by Gasteiger charge is -2.37. The topological polar surface area (TPSA) is 83.7 Å². The van der Waals surface area contributed by atoms with E-state index in [0.717, 1.165) is 30.4 Å². The van der Waals surface area contributed by atoms with E-state index >= 15 is 0 Å². The smallest absolute Gasteiger partial charge is 0.243 e. The number of carbonyl (C=O) groups excluding carboxylic acids is 1. The van der Waals surface area contributed by atoms with Crippen molar-refractivity contribution in [3.05, 3.63) is 65.2 Å². The first-order chi connectivity index (χ1) is 13.5. The van der Waals surface area contributed by atoms with Gasteiger partial charge in [0.05, 0.1) is 4.90 Å². The second-order valence-corrected chi connectivity index (χ2v) is 9.38. The molecule has 0 saturated carbocycles. The minimum absolute atomic E-state index is 0.343. The van der Waals surface area contributed by atoms with E-state index in [1.807, 2.05) is 47.4 Å². The fourth-order valence-electron chi connectivity index (χ4n) is 4.25. The van der Waals surface area contributed by atoms with Crippen molar-refractivity contribution in [2.45, 2.75) is 30.2 Å². The highest BCUT2D eigenvalue weighted by atomic mass is 32.2. The van der Waals surface area contributed by atoms with Crippen molar-refractivity contribution in [3.63, 3.8) is 0 Å². The van der Waals surface area contributed by atoms with Crippen molar-refractivity contribution in [2.75, 3.05) is 26.2 Å². The Morgan fingerprint density at radius 1 is 0.929 bits per heavy atom. The standard InChI is InChI=1S/C21H25N3O3S/c22-21(25)20(17-5-2-1-3-6-17)23-11-13-24(14-12-23)28(26,27)19-10-9-16-7-4-8-18(16)15-19/h1-3,5-6,9-10,15,20H,4,7-8,11-14H2,(H2,22,25)/t20-/m1/s1. The van der Waals surface area contributed by atoms with E-state index in [2.05, 4.69) is 0 Å². The maximum absolute atomic E-state index is 13.1. The van der Waals surface area contributed by atoms with Crippen molar-refractivity contribution in [1.29, 1.82) is 0 Å². The summed E-state index contributed by atoms with van der Waals surface area (Å²) in [4.78, 5) is 14.4. The Morgan fingerprint density at radius 2 is 1.61 bits per heavy atom. The number of rotatable bonds is 5. The molecule has 0 spiro atoms. The van der Waals surface area contributed by atoms with Gasteiger partial charge in [-0.15, -0.1) is 0 Å². The van der Waals surface area contributed by atoms with Gasteiger partial charge in [-0.2, -0.15) is 4.31 Å². The van der Waals surface area contributed by atoms with Gasteiger partial charge in [0.25, 0.3) is 0 Å². The van der Waals surface area contributed by atoms with Gasteiger partial charge in [-0.1, -0.05) is 36.4 Å². The summed E-state index contributed by atoms with van der Waals surface area (Å²) in [5.74, 6) is -0.416. The molecule has 0 radical (unpaired) electrons. The van der Waals surface area contributed by atoms with E-state index in [1.54, 1.807) is 6.07 Å². The van der Waals surface area contributed by atoms with Crippen LogP contribution in [-0.2, 0) is 27.7 Å². The summed E-state index contributed by atoms with van der Waals surface area (Å²) in [6.45, 7) is 1.62. The van der Waals surface area contributed by atoms with Crippen LogP contribution in [0.15, 0.2) is 53.4 Å². The first kappa shape index (κ1) is 19.1. The number of nitrogens with zero attached hydrogens (tertiary/aromatic N) is 2. The number of piperazine rings is 1. The average Bonchev–Trinajstić information content (AvgIpc) is 3.17. The summed E-state index contributed by atoms with van der Waals surface area (Å²) in [5.41, 5.74) is 8.90. The van der Waals surface area contributed by atoms with E-state index in [4.69, 9.17) is 5.73 Å². The first-order valence-electron chi connectivity index (χ1n) is 9.67. The van der Waals surface area contributed by atoms with Crippen molar-refractivity contribution in [3.8, 4) is 0 Å². The van der Waals surface area contributed by atoms with E-state index in [9.17, 15) is 13.2 Å². The van der Waals surface area contributed by atoms with Gasteiger partial charge in [0.15, 0.2) is 0 Å². The maximum atomic E-state index is 13.1. The number of nitrogens with two attached hydrogens (primary N) is 1. The first-order valence-corrected chi connectivity index (χ1v) is 11.1. The summed E-state index contributed by atoms with van der Waals surface area (Å²) >= 11 is 0. The molecule has 1 saturated heterocycles. The molecular weight excluding hydrogens is 374 g/mol. The van der Waals surface area contributed by atoms with E-state index in [-0.39, 0.29) is 0 Å². The second kappa shape index (κ2) is 7.66. The zero-order valence-electron chi connectivity index (χ0n) is 15.8. The minimum atomic E-state index is -3.53. The van der Waals surface area contributed by atoms with Gasteiger partial charge in [-0.3, -0.25) is 9.69 Å². The minimum Gasteiger partial charge on any atom is -0.368 e. The molecule has 1 amide bonds. The number of carbonyl (C=O) groups is 1. The molecule has 2 aromatic carbocycles. The molecule has 1 aliphatic heterocycles. The molecular formula is C21H25N3O3S. The fraction of sp³-hybridized carbons (Fsp3) is 0.381. The zero-order chi connectivity index (χ0) is 19.7. The summed E-state index contributed by atoms with van der Waals surface area (Å²) < 4.78 is 27.7. The molecule has 0 aromatic heterocycles. The molecule has 2 aliphatic rings. The van der Waals surface area contributed by atoms with Gasteiger partial charge in [0.2, 0.25) is 15.9 Å². The number of fused-ring (bicyclic) bond motifs is 1. The van der Waals surface area contributed by atoms with Gasteiger partial charge in [0, 0.05) is 26.2 Å². The number of sulfonamides is 1. The number of aryl methyl sites for hydroxylation is 2. The average molecular weight is 400 g/mol. The molecule has 1 aliphatic carbocycles. The molecule has 2 aromatic rings. The van der Waals surface area contributed by atoms with Gasteiger partial charge >= 0.3 is 0 Å². The molecule has 2 N–H and O–H groups in total. The van der Waals surface area contributed by atoms with Crippen molar-refractivity contribution < 1.29 is 13.2 Å². The zero-order valence-corrected chi connectivity index (χ0v) is 16.6. The number of hydrogen-bond acceptors (Lipinski definition) is 4. The van der Waals surface area contributed by atoms with Crippen LogP contribution in [0.5, 0.6) is 0 Å². The lowest BCUT2D eigenvalue weighted by molar-refractivity contribution is -0.124. The molecule has 7 heteroatoms. The van der Waals surface area contributed by atoms with Gasteiger partial charge < -0.3 is 5.73 Å². The Kier molecular flexibility index (Phi) is 5.23. The Hall–Kier alpha value is -2.22. The molecule has 1 heterocycles. The summed E-state index contributed by atoms with van der Waals surface area (Å²) in [5, 5.41) is 0. The predicted molar refractivity (Wildman–Crippen MR) is 107 cm³/mol. The monoisotopic (exact) mass is 399 g/mol. The Morgan fingerprint density at radius 3 is 2.29 bits per heavy atom. The van der Waals surface area contributed by atoms with Crippen LogP contribution < -0.4 is 5.73 Å². The maximum Gasteiger partial charge on any atom is 0.243 e. The molecule has 4 rings (SSSR count). The summed E-state index contributed by atoms with van der Waals surface area (Å²) in [7, 11) is -3.53. The number of primary amides is 1. The Labute approximate surface area is 166 Å². The third-order valence-corrected chi connectivity index (χ3v) is 7.63. The number of benzene rings is 2. The van der Waals surface area contributed by atoms with Crippen molar-refractivity contribution in [2.24, 2.45) is 5.73 Å². The predicted octanol–water partition coefficient (Wildman–Crippen LogP) is 1.71. The fourth-order valence-corrected chi connectivity index (χ4v) is 5.72. The van der Waals surface area contributed by atoms with Crippen LogP contribution in [0.3, 0.4) is 0 Å². The highest BCUT2D eigenvalue weighted by Gasteiger charge is 2.33.